The minimum Gasteiger partial charge on any atom is -0.311 e. The maximum absolute atomic E-state index is 13.4. The molecule has 0 radical (unpaired) electrons. The van der Waals surface area contributed by atoms with Crippen LogP contribution < -0.4 is 4.90 Å². The molecule has 2 saturated heterocycles. The van der Waals surface area contributed by atoms with Crippen LogP contribution in [0.1, 0.15) is 38.7 Å². The fourth-order valence-corrected chi connectivity index (χ4v) is 4.14. The van der Waals surface area contributed by atoms with Gasteiger partial charge in [-0.2, -0.15) is 0 Å². The van der Waals surface area contributed by atoms with Gasteiger partial charge >= 0.3 is 0 Å². The van der Waals surface area contributed by atoms with E-state index in [1.54, 1.807) is 6.07 Å². The third-order valence-electron chi connectivity index (χ3n) is 5.60. The second kappa shape index (κ2) is 7.83. The number of hydrogen-bond acceptors (Lipinski definition) is 3. The summed E-state index contributed by atoms with van der Waals surface area (Å²) in [5, 5.41) is 0. The molecule has 3 rings (SSSR count). The van der Waals surface area contributed by atoms with Crippen molar-refractivity contribution in [2.45, 2.75) is 52.1 Å². The highest BCUT2D eigenvalue weighted by Gasteiger charge is 2.35. The number of amides is 1. The van der Waals surface area contributed by atoms with Gasteiger partial charge in [0.2, 0.25) is 5.91 Å². The average molecular weight is 347 g/mol. The molecule has 0 N–H and O–H groups in total. The Morgan fingerprint density at radius 2 is 1.88 bits per heavy atom. The van der Waals surface area contributed by atoms with Crippen molar-refractivity contribution in [1.29, 1.82) is 0 Å². The van der Waals surface area contributed by atoms with Gasteiger partial charge in [-0.05, 0) is 70.3 Å². The van der Waals surface area contributed by atoms with Crippen LogP contribution in [0.3, 0.4) is 0 Å². The zero-order chi connectivity index (χ0) is 18.0. The number of halogens is 1. The molecule has 0 aromatic heterocycles. The van der Waals surface area contributed by atoms with Gasteiger partial charge in [0, 0.05) is 37.9 Å². The van der Waals surface area contributed by atoms with E-state index in [1.165, 1.54) is 12.1 Å². The summed E-state index contributed by atoms with van der Waals surface area (Å²) >= 11 is 0. The first-order valence-corrected chi connectivity index (χ1v) is 9.53. The molecule has 0 spiro atoms. The van der Waals surface area contributed by atoms with Gasteiger partial charge in [-0.1, -0.05) is 0 Å². The molecule has 0 bridgehead atoms. The first kappa shape index (κ1) is 18.3. The van der Waals surface area contributed by atoms with Crippen LogP contribution in [0.4, 0.5) is 10.1 Å². The molecule has 1 amide bonds. The molecule has 138 valence electrons. The fraction of sp³-hybridized carbons (Fsp3) is 0.650. The predicted octanol–water partition coefficient (Wildman–Crippen LogP) is 3.05. The molecule has 4 nitrogen and oxygen atoms in total. The number of benzene rings is 1. The maximum atomic E-state index is 13.4. The predicted molar refractivity (Wildman–Crippen MR) is 99.4 cm³/mol. The van der Waals surface area contributed by atoms with Crippen molar-refractivity contribution in [3.05, 3.63) is 29.6 Å². The Balaban J connectivity index is 1.73. The lowest BCUT2D eigenvalue weighted by Gasteiger charge is -2.38. The summed E-state index contributed by atoms with van der Waals surface area (Å²) in [4.78, 5) is 19.9. The number of hydrogen-bond donors (Lipinski definition) is 0. The molecule has 1 aromatic rings. The zero-order valence-electron chi connectivity index (χ0n) is 15.7. The lowest BCUT2D eigenvalue weighted by atomic mass is 10.0. The largest absolute Gasteiger partial charge is 0.311 e. The van der Waals surface area contributed by atoms with Crippen molar-refractivity contribution < 1.29 is 9.18 Å². The number of carbonyl (C=O) groups is 1. The van der Waals surface area contributed by atoms with Crippen molar-refractivity contribution in [2.75, 3.05) is 37.6 Å². The van der Waals surface area contributed by atoms with E-state index in [-0.39, 0.29) is 17.8 Å². The highest BCUT2D eigenvalue weighted by Crippen LogP contribution is 2.27. The van der Waals surface area contributed by atoms with E-state index in [2.05, 4.69) is 23.6 Å². The maximum Gasteiger partial charge on any atom is 0.244 e. The number of rotatable bonds is 3. The van der Waals surface area contributed by atoms with Gasteiger partial charge in [0.25, 0.3) is 0 Å². The van der Waals surface area contributed by atoms with Gasteiger partial charge in [-0.15, -0.1) is 0 Å². The van der Waals surface area contributed by atoms with Crippen LogP contribution in [0.2, 0.25) is 0 Å². The van der Waals surface area contributed by atoms with Crippen LogP contribution in [0, 0.1) is 12.7 Å². The van der Waals surface area contributed by atoms with Crippen molar-refractivity contribution in [2.24, 2.45) is 0 Å². The summed E-state index contributed by atoms with van der Waals surface area (Å²) in [7, 11) is 0. The van der Waals surface area contributed by atoms with Crippen LogP contribution in [-0.4, -0.2) is 60.5 Å². The quantitative estimate of drug-likeness (QED) is 0.841. The van der Waals surface area contributed by atoms with Crippen molar-refractivity contribution >= 4 is 11.6 Å². The smallest absolute Gasteiger partial charge is 0.244 e. The number of anilines is 1. The minimum absolute atomic E-state index is 0.0367. The van der Waals surface area contributed by atoms with E-state index in [0.717, 1.165) is 63.2 Å². The highest BCUT2D eigenvalue weighted by atomic mass is 19.1. The molecule has 2 aliphatic rings. The summed E-state index contributed by atoms with van der Waals surface area (Å²) in [6.07, 6.45) is 3.03. The molecule has 1 aromatic carbocycles. The summed E-state index contributed by atoms with van der Waals surface area (Å²) < 4.78 is 13.4. The average Bonchev–Trinajstić information content (AvgIpc) is 2.82. The first-order valence-electron chi connectivity index (χ1n) is 9.53. The topological polar surface area (TPSA) is 26.8 Å². The lowest BCUT2D eigenvalue weighted by Crippen LogP contribution is -2.53. The van der Waals surface area contributed by atoms with Gasteiger partial charge in [-0.3, -0.25) is 14.6 Å². The normalized spacial score (nSPS) is 24.0. The molecule has 0 saturated carbocycles. The van der Waals surface area contributed by atoms with Crippen LogP contribution in [0.25, 0.3) is 0 Å². The standard InChI is InChI=1S/C20H30FN3O/c1-15(2)22-9-5-10-23(13-12-22)19-6-4-11-24(20(19)25)18-8-7-17(21)14-16(18)3/h7-8,14-15,19H,4-6,9-13H2,1-3H3. The Morgan fingerprint density at radius 3 is 2.60 bits per heavy atom. The number of nitrogens with zero attached hydrogens (tertiary/aromatic N) is 3. The molecule has 2 heterocycles. The third-order valence-corrected chi connectivity index (χ3v) is 5.60. The van der Waals surface area contributed by atoms with Crippen LogP contribution >= 0.6 is 0 Å². The molecule has 2 fully saturated rings. The second-order valence-electron chi connectivity index (χ2n) is 7.60. The Morgan fingerprint density at radius 1 is 1.08 bits per heavy atom. The number of aryl methyl sites for hydroxylation is 1. The highest BCUT2D eigenvalue weighted by molar-refractivity contribution is 5.98. The summed E-state index contributed by atoms with van der Waals surface area (Å²) in [5.41, 5.74) is 1.69. The first-order chi connectivity index (χ1) is 12.0. The van der Waals surface area contributed by atoms with Gasteiger partial charge in [0.15, 0.2) is 0 Å². The van der Waals surface area contributed by atoms with E-state index < -0.39 is 0 Å². The number of carbonyl (C=O) groups excluding carboxylic acids is 1. The van der Waals surface area contributed by atoms with Gasteiger partial charge in [-0.25, -0.2) is 4.39 Å². The van der Waals surface area contributed by atoms with Crippen LogP contribution in [0.5, 0.6) is 0 Å². The van der Waals surface area contributed by atoms with Crippen LogP contribution in [-0.2, 0) is 4.79 Å². The minimum atomic E-state index is -0.247. The molecule has 2 aliphatic heterocycles. The number of piperidine rings is 1. The van der Waals surface area contributed by atoms with Crippen molar-refractivity contribution in [3.8, 4) is 0 Å². The summed E-state index contributed by atoms with van der Waals surface area (Å²) in [6, 6.07) is 5.23. The third kappa shape index (κ3) is 4.04. The molecule has 0 aliphatic carbocycles. The molecule has 25 heavy (non-hydrogen) atoms. The second-order valence-corrected chi connectivity index (χ2v) is 7.60. The monoisotopic (exact) mass is 347 g/mol. The van der Waals surface area contributed by atoms with E-state index in [0.29, 0.717) is 6.04 Å². The van der Waals surface area contributed by atoms with E-state index >= 15 is 0 Å². The fourth-order valence-electron chi connectivity index (χ4n) is 4.14. The van der Waals surface area contributed by atoms with Gasteiger partial charge in [0.1, 0.15) is 5.82 Å². The van der Waals surface area contributed by atoms with Gasteiger partial charge in [0.05, 0.1) is 6.04 Å². The molecule has 1 unspecified atom stereocenters. The molecular weight excluding hydrogens is 317 g/mol. The lowest BCUT2D eigenvalue weighted by molar-refractivity contribution is -0.125. The Bertz CT molecular complexity index is 619. The van der Waals surface area contributed by atoms with Gasteiger partial charge < -0.3 is 4.90 Å². The molecule has 1 atom stereocenters. The van der Waals surface area contributed by atoms with Crippen molar-refractivity contribution in [1.82, 2.24) is 9.80 Å². The van der Waals surface area contributed by atoms with E-state index in [4.69, 9.17) is 0 Å². The summed E-state index contributed by atoms with van der Waals surface area (Å²) in [6.45, 7) is 11.1. The van der Waals surface area contributed by atoms with E-state index in [1.807, 2.05) is 11.8 Å². The van der Waals surface area contributed by atoms with E-state index in [9.17, 15) is 9.18 Å². The zero-order valence-corrected chi connectivity index (χ0v) is 15.7. The molecule has 5 heteroatoms. The molecular formula is C20H30FN3O. The van der Waals surface area contributed by atoms with Crippen LogP contribution in [0.15, 0.2) is 18.2 Å². The summed E-state index contributed by atoms with van der Waals surface area (Å²) in [5.74, 6) is -0.0671. The SMILES string of the molecule is Cc1cc(F)ccc1N1CCCC(N2CCCN(C(C)C)CC2)C1=O. The Hall–Kier alpha value is -1.46. The Kier molecular flexibility index (Phi) is 5.74. The van der Waals surface area contributed by atoms with Crippen molar-refractivity contribution in [3.63, 3.8) is 0 Å². The Labute approximate surface area is 150 Å².